The number of amides is 1. The number of alkyl halides is 3. The molecule has 2 heterocycles. The Hall–Kier alpha value is -4.51. The van der Waals surface area contributed by atoms with Crippen LogP contribution in [0.4, 0.5) is 17.6 Å². The summed E-state index contributed by atoms with van der Waals surface area (Å²) in [5, 5.41) is 11.2. The van der Waals surface area contributed by atoms with E-state index in [2.05, 4.69) is 22.3 Å². The van der Waals surface area contributed by atoms with Gasteiger partial charge in [0.2, 0.25) is 0 Å². The van der Waals surface area contributed by atoms with E-state index in [4.69, 9.17) is 5.11 Å². The second kappa shape index (κ2) is 15.9. The van der Waals surface area contributed by atoms with Crippen LogP contribution in [0, 0.1) is 5.82 Å². The molecule has 0 atom stereocenters. The molecule has 2 aliphatic rings. The molecular weight excluding hydrogens is 614 g/mol. The number of nitrogens with one attached hydrogen (secondary N) is 1. The highest BCUT2D eigenvalue weighted by Crippen LogP contribution is 2.33. The highest BCUT2D eigenvalue weighted by Gasteiger charge is 2.33. The van der Waals surface area contributed by atoms with E-state index >= 15 is 0 Å². The molecular formula is C36H39F4N3O4. The number of halogens is 4. The number of carboxylic acids is 1. The third-order valence-corrected chi connectivity index (χ3v) is 8.46. The fourth-order valence-corrected chi connectivity index (χ4v) is 6.08. The molecule has 1 fully saturated rings. The molecule has 1 amide bonds. The fraction of sp³-hybridized carbons (Fsp3) is 0.361. The summed E-state index contributed by atoms with van der Waals surface area (Å²) in [4.78, 5) is 35.7. The van der Waals surface area contributed by atoms with Gasteiger partial charge in [-0.15, -0.1) is 0 Å². The van der Waals surface area contributed by atoms with Crippen LogP contribution in [-0.4, -0.2) is 46.6 Å². The van der Waals surface area contributed by atoms with Gasteiger partial charge in [0.25, 0.3) is 11.5 Å². The molecule has 0 saturated carbocycles. The van der Waals surface area contributed by atoms with Crippen molar-refractivity contribution in [1.29, 1.82) is 0 Å². The maximum absolute atomic E-state index is 13.7. The molecule has 3 aromatic carbocycles. The van der Waals surface area contributed by atoms with Gasteiger partial charge in [-0.3, -0.25) is 19.3 Å². The number of hydrogen-bond acceptors (Lipinski definition) is 4. The first kappa shape index (κ1) is 35.3. The third kappa shape index (κ3) is 9.06. The van der Waals surface area contributed by atoms with Crippen LogP contribution >= 0.6 is 0 Å². The smallest absolute Gasteiger partial charge is 0.417 e. The molecule has 0 unspecified atom stereocenters. The molecule has 2 N–H and O–H groups in total. The minimum atomic E-state index is -4.51. The van der Waals surface area contributed by atoms with Gasteiger partial charge in [-0.25, -0.2) is 4.39 Å². The lowest BCUT2D eigenvalue weighted by atomic mass is 10.00. The molecule has 1 aliphatic carbocycles. The van der Waals surface area contributed by atoms with Crippen LogP contribution in [-0.2, 0) is 43.8 Å². The van der Waals surface area contributed by atoms with Crippen LogP contribution < -0.4 is 10.9 Å². The van der Waals surface area contributed by atoms with Crippen LogP contribution in [0.1, 0.15) is 63.9 Å². The number of carbonyl (C=O) groups is 2. The lowest BCUT2D eigenvalue weighted by molar-refractivity contribution is -0.137. The number of nitrogens with zero attached hydrogens (tertiary/aromatic N) is 2. The molecule has 1 aliphatic heterocycles. The van der Waals surface area contributed by atoms with Gasteiger partial charge in [0, 0.05) is 38.5 Å². The third-order valence-electron chi connectivity index (χ3n) is 8.46. The molecule has 0 radical (unpaired) electrons. The topological polar surface area (TPSA) is 91.6 Å². The van der Waals surface area contributed by atoms with Gasteiger partial charge < -0.3 is 15.0 Å². The van der Waals surface area contributed by atoms with Crippen LogP contribution in [0.15, 0.2) is 71.5 Å². The zero-order valence-electron chi connectivity index (χ0n) is 26.5. The number of likely N-dealkylation sites (tertiary alicyclic amines) is 1. The van der Waals surface area contributed by atoms with E-state index in [9.17, 15) is 31.9 Å². The average molecular weight is 654 g/mol. The van der Waals surface area contributed by atoms with Crippen LogP contribution in [0.5, 0.6) is 0 Å². The first-order valence-corrected chi connectivity index (χ1v) is 15.6. The predicted octanol–water partition coefficient (Wildman–Crippen LogP) is 6.53. The van der Waals surface area contributed by atoms with Crippen molar-refractivity contribution < 1.29 is 32.3 Å². The van der Waals surface area contributed by atoms with Gasteiger partial charge in [0.1, 0.15) is 5.82 Å². The average Bonchev–Trinajstić information content (AvgIpc) is 3.74. The number of aryl methyl sites for hydroxylation is 3. The molecule has 4 aromatic rings. The van der Waals surface area contributed by atoms with Gasteiger partial charge in [0.15, 0.2) is 0 Å². The van der Waals surface area contributed by atoms with E-state index in [1.807, 2.05) is 12.1 Å². The summed E-state index contributed by atoms with van der Waals surface area (Å²) in [6, 6.07) is 17.7. The van der Waals surface area contributed by atoms with Crippen molar-refractivity contribution >= 4 is 22.8 Å². The largest absolute Gasteiger partial charge is 0.481 e. The van der Waals surface area contributed by atoms with E-state index in [1.54, 1.807) is 12.1 Å². The van der Waals surface area contributed by atoms with Gasteiger partial charge in [-0.05, 0) is 86.0 Å². The van der Waals surface area contributed by atoms with E-state index in [1.165, 1.54) is 78.9 Å². The predicted molar refractivity (Wildman–Crippen MR) is 173 cm³/mol. The minimum absolute atomic E-state index is 0.0390. The summed E-state index contributed by atoms with van der Waals surface area (Å²) in [6.45, 7) is 2.72. The number of rotatable bonds is 6. The quantitative estimate of drug-likeness (QED) is 0.231. The van der Waals surface area contributed by atoms with Crippen molar-refractivity contribution in [2.75, 3.05) is 20.1 Å². The van der Waals surface area contributed by atoms with Crippen molar-refractivity contribution in [2.45, 2.75) is 57.7 Å². The number of benzene rings is 3. The van der Waals surface area contributed by atoms with Gasteiger partial charge >= 0.3 is 12.1 Å². The number of carbonyl (C=O) groups excluding carboxylic acids is 1. The van der Waals surface area contributed by atoms with Crippen molar-refractivity contribution in [2.24, 2.45) is 7.05 Å². The summed E-state index contributed by atoms with van der Waals surface area (Å²) < 4.78 is 52.9. The molecule has 0 bridgehead atoms. The van der Waals surface area contributed by atoms with Crippen molar-refractivity contribution in [3.05, 3.63) is 116 Å². The van der Waals surface area contributed by atoms with Gasteiger partial charge in [-0.1, -0.05) is 48.5 Å². The molecule has 6 rings (SSSR count). The summed E-state index contributed by atoms with van der Waals surface area (Å²) in [5.74, 6) is -1.50. The van der Waals surface area contributed by atoms with E-state index in [0.717, 1.165) is 31.5 Å². The molecule has 1 saturated heterocycles. The maximum Gasteiger partial charge on any atom is 0.417 e. The fourth-order valence-electron chi connectivity index (χ4n) is 6.08. The Bertz CT molecular complexity index is 1780. The lowest BCUT2D eigenvalue weighted by Crippen LogP contribution is -2.25. The van der Waals surface area contributed by atoms with Crippen LogP contribution in [0.2, 0.25) is 0 Å². The minimum Gasteiger partial charge on any atom is -0.481 e. The summed E-state index contributed by atoms with van der Waals surface area (Å²) in [6.07, 6.45) is 2.30. The normalized spacial score (nSPS) is 14.1. The zero-order valence-corrected chi connectivity index (χ0v) is 26.5. The van der Waals surface area contributed by atoms with Crippen molar-refractivity contribution in [1.82, 2.24) is 14.8 Å². The molecule has 250 valence electrons. The Kier molecular flexibility index (Phi) is 11.9. The van der Waals surface area contributed by atoms with E-state index in [-0.39, 0.29) is 28.8 Å². The Labute approximate surface area is 270 Å². The lowest BCUT2D eigenvalue weighted by Gasteiger charge is -2.17. The van der Waals surface area contributed by atoms with Crippen molar-refractivity contribution in [3.8, 4) is 0 Å². The number of para-hydroxylation sites is 1. The molecule has 1 aromatic heterocycles. The monoisotopic (exact) mass is 653 g/mol. The molecule has 7 nitrogen and oxygen atoms in total. The second-order valence-electron chi connectivity index (χ2n) is 11.6. The number of fused-ring (bicyclic) bond motifs is 2. The zero-order chi connectivity index (χ0) is 34.1. The number of aliphatic carboxylic acids is 1. The van der Waals surface area contributed by atoms with E-state index in [0.29, 0.717) is 19.0 Å². The summed E-state index contributed by atoms with van der Waals surface area (Å²) in [7, 11) is 2.97. The standard InChI is InChI=1S/C13H17FN2O.C12H14O2.C11H8F3NO/c1-15-13(17)12-10(5-4-6-11(12)14)9-16-7-2-3-8-16;13-12(14)8-7-10-4-1-3-9-5-2-6-11(9)10;1-15-9-5-3-2-4-7(9)8(6-10(15)16)11(12,13)14/h4-6H,2-3,7-9H2,1H3,(H,15,17);1,3-4H,2,5-8H2,(H,13,14);2-6H,1H3. The van der Waals surface area contributed by atoms with Crippen LogP contribution in [0.25, 0.3) is 10.9 Å². The Morgan fingerprint density at radius 1 is 0.915 bits per heavy atom. The summed E-state index contributed by atoms with van der Waals surface area (Å²) >= 11 is 0. The highest BCUT2D eigenvalue weighted by atomic mass is 19.4. The number of hydrogen-bond donors (Lipinski definition) is 2. The van der Waals surface area contributed by atoms with Crippen molar-refractivity contribution in [3.63, 3.8) is 0 Å². The molecule has 11 heteroatoms. The highest BCUT2D eigenvalue weighted by molar-refractivity contribution is 5.95. The number of carboxylic acid groups (broad SMARTS) is 1. The maximum atomic E-state index is 13.7. The first-order valence-electron chi connectivity index (χ1n) is 15.6. The first-order chi connectivity index (χ1) is 22.4. The van der Waals surface area contributed by atoms with Crippen LogP contribution in [0.3, 0.4) is 0 Å². The van der Waals surface area contributed by atoms with Gasteiger partial charge in [-0.2, -0.15) is 13.2 Å². The molecule has 0 spiro atoms. The second-order valence-corrected chi connectivity index (χ2v) is 11.6. The molecule has 47 heavy (non-hydrogen) atoms. The Morgan fingerprint density at radius 2 is 1.60 bits per heavy atom. The SMILES string of the molecule is CNC(=O)c1c(F)cccc1CN1CCCC1.Cn1c(=O)cc(C(F)(F)F)c2ccccc21.O=C(O)CCc1cccc2c1CCC2. The Balaban J connectivity index is 0.000000160. The Morgan fingerprint density at radius 3 is 2.28 bits per heavy atom. The summed E-state index contributed by atoms with van der Waals surface area (Å²) in [5.41, 5.74) is 3.76. The number of aromatic nitrogens is 1. The van der Waals surface area contributed by atoms with Gasteiger partial charge in [0.05, 0.1) is 16.6 Å². The van der Waals surface area contributed by atoms with E-state index < -0.39 is 29.1 Å². The number of pyridine rings is 1.